The molecule has 0 atom stereocenters. The van der Waals surface area contributed by atoms with Gasteiger partial charge in [0.25, 0.3) is 5.56 Å². The van der Waals surface area contributed by atoms with Crippen molar-refractivity contribution in [1.82, 2.24) is 10.2 Å². The molecule has 0 spiro atoms. The summed E-state index contributed by atoms with van der Waals surface area (Å²) in [6, 6.07) is 14.1. The van der Waals surface area contributed by atoms with E-state index in [4.69, 9.17) is 22.9 Å². The maximum absolute atomic E-state index is 11.1. The molecule has 0 aliphatic heterocycles. The zero-order valence-electron chi connectivity index (χ0n) is 14.1. The van der Waals surface area contributed by atoms with Crippen LogP contribution in [0.5, 0.6) is 11.5 Å². The predicted octanol–water partition coefficient (Wildman–Crippen LogP) is 4.92. The lowest BCUT2D eigenvalue weighted by Crippen LogP contribution is -2.07. The Morgan fingerprint density at radius 3 is 2.73 bits per heavy atom. The molecule has 0 radical (unpaired) electrons. The molecule has 1 heterocycles. The number of rotatable bonds is 5. The molecule has 1 N–H and O–H groups in total. The fourth-order valence-electron chi connectivity index (χ4n) is 2.58. The van der Waals surface area contributed by atoms with Crippen LogP contribution in [0.25, 0.3) is 4.85 Å². The molecule has 0 bridgehead atoms. The highest BCUT2D eigenvalue weighted by molar-refractivity contribution is 6.31. The molecule has 2 aromatic carbocycles. The van der Waals surface area contributed by atoms with E-state index in [9.17, 15) is 4.79 Å². The number of hydrogen-bond donors (Lipinski definition) is 1. The number of aryl methyl sites for hydroxylation is 1. The largest absolute Gasteiger partial charge is 0.458 e. The minimum Gasteiger partial charge on any atom is -0.458 e. The lowest BCUT2D eigenvalue weighted by molar-refractivity contribution is 0.476. The van der Waals surface area contributed by atoms with Crippen LogP contribution in [0.2, 0.25) is 5.02 Å². The van der Waals surface area contributed by atoms with E-state index >= 15 is 0 Å². The van der Waals surface area contributed by atoms with Crippen LogP contribution < -0.4 is 10.3 Å². The van der Waals surface area contributed by atoms with Crippen molar-refractivity contribution in [3.63, 3.8) is 0 Å². The molecule has 5 nitrogen and oxygen atoms in total. The van der Waals surface area contributed by atoms with Gasteiger partial charge in [0.15, 0.2) is 5.69 Å². The number of aromatic amines is 1. The van der Waals surface area contributed by atoms with Gasteiger partial charge >= 0.3 is 0 Å². The number of aromatic nitrogens is 2. The van der Waals surface area contributed by atoms with Gasteiger partial charge in [-0.3, -0.25) is 4.79 Å². The molecule has 0 aliphatic carbocycles. The summed E-state index contributed by atoms with van der Waals surface area (Å²) in [5.74, 6) is 1.24. The molecule has 0 fully saturated rings. The number of nitrogens with one attached hydrogen (secondary N) is 1. The van der Waals surface area contributed by atoms with Crippen LogP contribution in [0.4, 0.5) is 5.69 Å². The van der Waals surface area contributed by atoms with Crippen LogP contribution in [0.3, 0.4) is 0 Å². The van der Waals surface area contributed by atoms with Crippen molar-refractivity contribution in [2.45, 2.75) is 19.8 Å². The van der Waals surface area contributed by atoms with Gasteiger partial charge in [-0.25, -0.2) is 9.94 Å². The Hall–Kier alpha value is -3.10. The van der Waals surface area contributed by atoms with Crippen molar-refractivity contribution in [2.75, 3.05) is 0 Å². The molecule has 0 saturated heterocycles. The number of H-pyrrole nitrogens is 1. The second-order valence-corrected chi connectivity index (χ2v) is 6.18. The minimum absolute atomic E-state index is 0.226. The Morgan fingerprint density at radius 2 is 2.04 bits per heavy atom. The third kappa shape index (κ3) is 4.29. The van der Waals surface area contributed by atoms with Gasteiger partial charge in [-0.2, -0.15) is 5.10 Å². The number of benzene rings is 2. The molecule has 6 heteroatoms. The van der Waals surface area contributed by atoms with E-state index in [1.165, 1.54) is 6.07 Å². The zero-order valence-corrected chi connectivity index (χ0v) is 14.9. The fraction of sp³-hybridized carbons (Fsp3) is 0.150. The monoisotopic (exact) mass is 365 g/mol. The molecule has 0 saturated carbocycles. The van der Waals surface area contributed by atoms with Gasteiger partial charge in [-0.05, 0) is 47.9 Å². The number of ether oxygens (including phenoxy) is 1. The maximum Gasteiger partial charge on any atom is 0.264 e. The van der Waals surface area contributed by atoms with E-state index in [0.717, 1.165) is 23.2 Å². The van der Waals surface area contributed by atoms with E-state index in [-0.39, 0.29) is 5.56 Å². The minimum atomic E-state index is -0.226. The SMILES string of the molecule is [C-]#[N+]c1cc(Cl)cc(Oc2cc(Cc3ccc(=O)[nH]n3)ccc2CC)c1. The van der Waals surface area contributed by atoms with E-state index in [0.29, 0.717) is 28.6 Å². The van der Waals surface area contributed by atoms with Gasteiger partial charge < -0.3 is 4.74 Å². The maximum atomic E-state index is 11.1. The zero-order chi connectivity index (χ0) is 18.5. The Morgan fingerprint density at radius 1 is 1.19 bits per heavy atom. The van der Waals surface area contributed by atoms with Gasteiger partial charge in [0.2, 0.25) is 0 Å². The van der Waals surface area contributed by atoms with Crippen LogP contribution in [0, 0.1) is 6.57 Å². The average Bonchev–Trinajstić information content (AvgIpc) is 2.63. The van der Waals surface area contributed by atoms with Gasteiger partial charge in [0.05, 0.1) is 12.3 Å². The van der Waals surface area contributed by atoms with Crippen molar-refractivity contribution < 1.29 is 4.74 Å². The van der Waals surface area contributed by atoms with Gasteiger partial charge in [-0.15, -0.1) is 0 Å². The Labute approximate surface area is 156 Å². The van der Waals surface area contributed by atoms with Crippen molar-refractivity contribution in [2.24, 2.45) is 0 Å². The summed E-state index contributed by atoms with van der Waals surface area (Å²) in [7, 11) is 0. The number of nitrogens with zero attached hydrogens (tertiary/aromatic N) is 2. The van der Waals surface area contributed by atoms with E-state index < -0.39 is 0 Å². The third-order valence-corrected chi connectivity index (χ3v) is 4.07. The van der Waals surface area contributed by atoms with Gasteiger partial charge in [0.1, 0.15) is 11.5 Å². The van der Waals surface area contributed by atoms with Crippen LogP contribution >= 0.6 is 11.6 Å². The first kappa shape index (κ1) is 17.7. The van der Waals surface area contributed by atoms with Crippen LogP contribution in [-0.4, -0.2) is 10.2 Å². The van der Waals surface area contributed by atoms with E-state index in [2.05, 4.69) is 15.0 Å². The third-order valence-electron chi connectivity index (χ3n) is 3.85. The van der Waals surface area contributed by atoms with Crippen LogP contribution in [-0.2, 0) is 12.8 Å². The highest BCUT2D eigenvalue weighted by Crippen LogP contribution is 2.32. The van der Waals surface area contributed by atoms with Gasteiger partial charge in [-0.1, -0.05) is 30.7 Å². The molecular weight excluding hydrogens is 350 g/mol. The lowest BCUT2D eigenvalue weighted by atomic mass is 10.0. The first-order valence-corrected chi connectivity index (χ1v) is 8.47. The Kier molecular flexibility index (Phi) is 5.35. The number of halogens is 1. The average molecular weight is 366 g/mol. The summed E-state index contributed by atoms with van der Waals surface area (Å²) in [4.78, 5) is 14.5. The molecular formula is C20H16ClN3O2. The van der Waals surface area contributed by atoms with Crippen molar-refractivity contribution >= 4 is 17.3 Å². The standard InChI is InChI=1S/C20H16ClN3O2/c1-3-14-5-4-13(8-16-6-7-20(25)24-23-16)9-19(14)26-18-11-15(21)10-17(12-18)22-2/h4-7,9-12H,3,8H2,1H3,(H,24,25). The number of hydrogen-bond acceptors (Lipinski definition) is 3. The molecule has 1 aromatic heterocycles. The summed E-state index contributed by atoms with van der Waals surface area (Å²) in [6.07, 6.45) is 1.38. The second kappa shape index (κ2) is 7.85. The van der Waals surface area contributed by atoms with Crippen LogP contribution in [0.1, 0.15) is 23.7 Å². The quantitative estimate of drug-likeness (QED) is 0.653. The smallest absolute Gasteiger partial charge is 0.264 e. The highest BCUT2D eigenvalue weighted by atomic mass is 35.5. The summed E-state index contributed by atoms with van der Waals surface area (Å²) in [5, 5.41) is 6.93. The summed E-state index contributed by atoms with van der Waals surface area (Å²) in [5.41, 5.74) is 3.02. The van der Waals surface area contributed by atoms with Crippen molar-refractivity contribution in [3.8, 4) is 11.5 Å². The molecule has 26 heavy (non-hydrogen) atoms. The molecule has 130 valence electrons. The summed E-state index contributed by atoms with van der Waals surface area (Å²) >= 11 is 6.06. The molecule has 3 rings (SSSR count). The normalized spacial score (nSPS) is 10.3. The van der Waals surface area contributed by atoms with Gasteiger partial charge in [0, 0.05) is 17.5 Å². The molecule has 0 amide bonds. The molecule has 0 aliphatic rings. The Bertz CT molecular complexity index is 1020. The Balaban J connectivity index is 1.90. The van der Waals surface area contributed by atoms with E-state index in [1.54, 1.807) is 24.3 Å². The first-order chi connectivity index (χ1) is 12.6. The van der Waals surface area contributed by atoms with E-state index in [1.807, 2.05) is 25.1 Å². The highest BCUT2D eigenvalue weighted by Gasteiger charge is 2.08. The lowest BCUT2D eigenvalue weighted by Gasteiger charge is -2.13. The van der Waals surface area contributed by atoms with Crippen LogP contribution in [0.15, 0.2) is 53.3 Å². The predicted molar refractivity (Wildman–Crippen MR) is 101 cm³/mol. The second-order valence-electron chi connectivity index (χ2n) is 5.74. The topological polar surface area (TPSA) is 59.3 Å². The fourth-order valence-corrected chi connectivity index (χ4v) is 2.79. The van der Waals surface area contributed by atoms with Crippen molar-refractivity contribution in [3.05, 3.63) is 92.1 Å². The molecule has 0 unspecified atom stereocenters. The summed E-state index contributed by atoms with van der Waals surface area (Å²) in [6.45, 7) is 9.20. The van der Waals surface area contributed by atoms with Crippen molar-refractivity contribution in [1.29, 1.82) is 0 Å². The molecule has 3 aromatic rings. The first-order valence-electron chi connectivity index (χ1n) is 8.09. The summed E-state index contributed by atoms with van der Waals surface area (Å²) < 4.78 is 6.02.